The van der Waals surface area contributed by atoms with Crippen LogP contribution in [0.2, 0.25) is 0 Å². The second-order valence-electron chi connectivity index (χ2n) is 7.16. The molecular formula is C20H25N7O. The maximum absolute atomic E-state index is 13.2. The van der Waals surface area contributed by atoms with Crippen LogP contribution in [-0.4, -0.2) is 50.8 Å². The number of amides is 1. The van der Waals surface area contributed by atoms with Crippen molar-refractivity contribution in [1.82, 2.24) is 25.3 Å². The molecule has 0 aliphatic carbocycles. The summed E-state index contributed by atoms with van der Waals surface area (Å²) in [6, 6.07) is 13.8. The number of para-hydroxylation sites is 1. The van der Waals surface area contributed by atoms with Gasteiger partial charge in [-0.05, 0) is 54.0 Å². The normalized spacial score (nSPS) is 15.1. The largest absolute Gasteiger partial charge is 0.355 e. The fraction of sp³-hybridized carbons (Fsp3) is 0.450. The van der Waals surface area contributed by atoms with Crippen molar-refractivity contribution >= 4 is 23.1 Å². The van der Waals surface area contributed by atoms with Crippen LogP contribution in [-0.2, 0) is 4.79 Å². The Bertz CT molecular complexity index is 918. The highest BCUT2D eigenvalue weighted by Gasteiger charge is 2.29. The van der Waals surface area contributed by atoms with Crippen molar-refractivity contribution < 1.29 is 4.79 Å². The van der Waals surface area contributed by atoms with Gasteiger partial charge in [0.05, 0.1) is 0 Å². The van der Waals surface area contributed by atoms with Crippen molar-refractivity contribution in [3.8, 4) is 0 Å². The van der Waals surface area contributed by atoms with E-state index < -0.39 is 0 Å². The highest BCUT2D eigenvalue weighted by molar-refractivity contribution is 5.95. The zero-order valence-corrected chi connectivity index (χ0v) is 16.1. The molecule has 0 saturated carbocycles. The van der Waals surface area contributed by atoms with E-state index in [0.717, 1.165) is 56.8 Å². The minimum Gasteiger partial charge on any atom is -0.355 e. The van der Waals surface area contributed by atoms with Gasteiger partial charge in [-0.15, -0.1) is 14.8 Å². The third kappa shape index (κ3) is 3.81. The molecule has 146 valence electrons. The monoisotopic (exact) mass is 379 g/mol. The fourth-order valence-corrected chi connectivity index (χ4v) is 3.68. The number of unbranched alkanes of at least 4 members (excludes halogenated alkanes) is 1. The molecule has 0 spiro atoms. The molecule has 3 heterocycles. The van der Waals surface area contributed by atoms with Gasteiger partial charge in [0.25, 0.3) is 0 Å². The number of carbonyl (C=O) groups is 1. The second kappa shape index (κ2) is 8.33. The van der Waals surface area contributed by atoms with E-state index in [9.17, 15) is 4.79 Å². The van der Waals surface area contributed by atoms with Gasteiger partial charge >= 0.3 is 0 Å². The first kappa shape index (κ1) is 18.3. The maximum atomic E-state index is 13.2. The summed E-state index contributed by atoms with van der Waals surface area (Å²) >= 11 is 0. The van der Waals surface area contributed by atoms with E-state index in [1.165, 1.54) is 4.63 Å². The maximum Gasteiger partial charge on any atom is 0.230 e. The van der Waals surface area contributed by atoms with Crippen LogP contribution < -0.4 is 9.80 Å². The highest BCUT2D eigenvalue weighted by atomic mass is 16.2. The average Bonchev–Trinajstić information content (AvgIpc) is 3.23. The molecule has 1 fully saturated rings. The molecule has 0 bridgehead atoms. The summed E-state index contributed by atoms with van der Waals surface area (Å²) in [4.78, 5) is 17.4. The third-order valence-corrected chi connectivity index (χ3v) is 5.29. The predicted octanol–water partition coefficient (Wildman–Crippen LogP) is 2.57. The van der Waals surface area contributed by atoms with Crippen LogP contribution in [0.4, 0.5) is 11.5 Å². The molecule has 1 amide bonds. The fourth-order valence-electron chi connectivity index (χ4n) is 3.68. The first-order chi connectivity index (χ1) is 13.8. The Morgan fingerprint density at radius 2 is 1.93 bits per heavy atom. The smallest absolute Gasteiger partial charge is 0.230 e. The number of fused-ring (bicyclic) bond motifs is 1. The van der Waals surface area contributed by atoms with E-state index in [2.05, 4.69) is 32.4 Å². The summed E-state index contributed by atoms with van der Waals surface area (Å²) in [6.07, 6.45) is 3.73. The summed E-state index contributed by atoms with van der Waals surface area (Å²) in [5.74, 6) is 1.13. The Morgan fingerprint density at radius 3 is 2.68 bits per heavy atom. The van der Waals surface area contributed by atoms with Gasteiger partial charge < -0.3 is 9.80 Å². The highest BCUT2D eigenvalue weighted by Crippen LogP contribution is 2.26. The second-order valence-corrected chi connectivity index (χ2v) is 7.16. The molecule has 3 aromatic rings. The van der Waals surface area contributed by atoms with Crippen LogP contribution >= 0.6 is 0 Å². The number of piperidine rings is 1. The zero-order chi connectivity index (χ0) is 19.3. The van der Waals surface area contributed by atoms with Gasteiger partial charge in [-0.2, -0.15) is 0 Å². The quantitative estimate of drug-likeness (QED) is 0.655. The Balaban J connectivity index is 1.43. The summed E-state index contributed by atoms with van der Waals surface area (Å²) in [7, 11) is 0. The number of tetrazole rings is 1. The van der Waals surface area contributed by atoms with Gasteiger partial charge in [0.2, 0.25) is 5.91 Å². The van der Waals surface area contributed by atoms with Crippen LogP contribution in [0, 0.1) is 5.92 Å². The number of benzene rings is 1. The lowest BCUT2D eigenvalue weighted by Crippen LogP contribution is -2.43. The van der Waals surface area contributed by atoms with Crippen molar-refractivity contribution in [3.05, 3.63) is 42.5 Å². The molecule has 1 saturated heterocycles. The third-order valence-electron chi connectivity index (χ3n) is 5.29. The van der Waals surface area contributed by atoms with Crippen LogP contribution in [0.3, 0.4) is 0 Å². The molecule has 0 atom stereocenters. The van der Waals surface area contributed by atoms with Crippen molar-refractivity contribution in [3.63, 3.8) is 0 Å². The lowest BCUT2D eigenvalue weighted by molar-refractivity contribution is -0.123. The molecule has 8 nitrogen and oxygen atoms in total. The molecule has 0 unspecified atom stereocenters. The number of rotatable bonds is 6. The molecule has 1 aliphatic heterocycles. The average molecular weight is 379 g/mol. The topological polar surface area (TPSA) is 79.5 Å². The minimum atomic E-state index is 0.0464. The van der Waals surface area contributed by atoms with E-state index in [0.29, 0.717) is 5.65 Å². The minimum absolute atomic E-state index is 0.0464. The van der Waals surface area contributed by atoms with Crippen LogP contribution in [0.5, 0.6) is 0 Å². The number of aromatic nitrogens is 5. The van der Waals surface area contributed by atoms with Gasteiger partial charge in [-0.25, -0.2) is 0 Å². The van der Waals surface area contributed by atoms with Gasteiger partial charge in [0.1, 0.15) is 0 Å². The van der Waals surface area contributed by atoms with Gasteiger partial charge in [0, 0.05) is 31.2 Å². The Hall–Kier alpha value is -3.03. The summed E-state index contributed by atoms with van der Waals surface area (Å²) in [6.45, 7) is 4.53. The van der Waals surface area contributed by atoms with Crippen LogP contribution in [0.15, 0.2) is 42.5 Å². The van der Waals surface area contributed by atoms with Crippen LogP contribution in [0.25, 0.3) is 5.65 Å². The number of hydrogen-bond acceptors (Lipinski definition) is 6. The lowest BCUT2D eigenvalue weighted by Gasteiger charge is -2.34. The van der Waals surface area contributed by atoms with Gasteiger partial charge in [-0.1, -0.05) is 31.5 Å². The number of carbonyl (C=O) groups excluding carboxylic acids is 1. The number of anilines is 2. The zero-order valence-electron chi connectivity index (χ0n) is 16.1. The molecule has 0 radical (unpaired) electrons. The summed E-state index contributed by atoms with van der Waals surface area (Å²) in [5.41, 5.74) is 1.62. The number of nitrogens with zero attached hydrogens (tertiary/aromatic N) is 7. The molecule has 1 aromatic carbocycles. The molecular weight excluding hydrogens is 354 g/mol. The van der Waals surface area contributed by atoms with Crippen molar-refractivity contribution in [2.45, 2.75) is 32.6 Å². The molecule has 28 heavy (non-hydrogen) atoms. The van der Waals surface area contributed by atoms with E-state index in [1.54, 1.807) is 0 Å². The summed E-state index contributed by atoms with van der Waals surface area (Å²) < 4.78 is 1.44. The Morgan fingerprint density at radius 1 is 1.14 bits per heavy atom. The van der Waals surface area contributed by atoms with Crippen molar-refractivity contribution in [1.29, 1.82) is 0 Å². The summed E-state index contributed by atoms with van der Waals surface area (Å²) in [5, 5.41) is 15.8. The first-order valence-electron chi connectivity index (χ1n) is 9.93. The standard InChI is InChI=1S/C20H25N7O/c1-2-3-13-26(17-7-5-4-6-8-17)20(28)16-11-14-25(15-12-16)19-10-9-18-21-23-24-27(18)22-19/h4-10,16H,2-3,11-15H2,1H3. The predicted molar refractivity (Wildman–Crippen MR) is 107 cm³/mol. The molecule has 2 aromatic heterocycles. The Labute approximate surface area is 164 Å². The van der Waals surface area contributed by atoms with Gasteiger partial charge in [-0.3, -0.25) is 4.79 Å². The molecule has 8 heteroatoms. The number of hydrogen-bond donors (Lipinski definition) is 0. The SMILES string of the molecule is CCCCN(C(=O)C1CCN(c2ccc3nnnn3n2)CC1)c1ccccc1. The van der Waals surface area contributed by atoms with E-state index in [-0.39, 0.29) is 11.8 Å². The first-order valence-corrected chi connectivity index (χ1v) is 9.93. The molecule has 4 rings (SSSR count). The molecule has 1 aliphatic rings. The van der Waals surface area contributed by atoms with Crippen molar-refractivity contribution in [2.24, 2.45) is 5.92 Å². The Kier molecular flexibility index (Phi) is 5.45. The van der Waals surface area contributed by atoms with Crippen LogP contribution in [0.1, 0.15) is 32.6 Å². The van der Waals surface area contributed by atoms with E-state index >= 15 is 0 Å². The van der Waals surface area contributed by atoms with E-state index in [1.807, 2.05) is 47.4 Å². The van der Waals surface area contributed by atoms with Crippen molar-refractivity contribution in [2.75, 3.05) is 29.4 Å². The van der Waals surface area contributed by atoms with E-state index in [4.69, 9.17) is 0 Å². The lowest BCUT2D eigenvalue weighted by atomic mass is 9.94. The molecule has 0 N–H and O–H groups in total. The van der Waals surface area contributed by atoms with Gasteiger partial charge in [0.15, 0.2) is 11.5 Å².